The van der Waals surface area contributed by atoms with Crippen LogP contribution in [0.15, 0.2) is 23.7 Å². The van der Waals surface area contributed by atoms with E-state index in [1.807, 2.05) is 0 Å². The van der Waals surface area contributed by atoms with Crippen LogP contribution in [0.5, 0.6) is 0 Å². The number of carbonyl (C=O) groups excluding carboxylic acids is 2. The van der Waals surface area contributed by atoms with E-state index in [9.17, 15) is 19.8 Å². The van der Waals surface area contributed by atoms with Crippen LogP contribution >= 0.6 is 0 Å². The van der Waals surface area contributed by atoms with E-state index in [2.05, 4.69) is 0 Å². The van der Waals surface area contributed by atoms with Gasteiger partial charge >= 0.3 is 10.1 Å². The molecule has 0 atom stereocenters. The molecule has 15 heavy (non-hydrogen) atoms. The standard InChI is InChI=1S/2C5H8O2.Be/c2*1-4(6)3-5(2)7;/h2*3,6H,1-2H3;/q;;+2/p-2/b4-3+;4-3-;. The maximum Gasteiger partial charge on any atom is 2.00 e. The molecular weight excluding hydrogens is 193 g/mol. The Morgan fingerprint density at radius 3 is 1.00 bits per heavy atom. The zero-order valence-corrected chi connectivity index (χ0v) is 9.49. The molecule has 0 aliphatic rings. The summed E-state index contributed by atoms with van der Waals surface area (Å²) in [6, 6.07) is 0. The summed E-state index contributed by atoms with van der Waals surface area (Å²) in [6.07, 6.45) is 2.11. The molecule has 4 nitrogen and oxygen atoms in total. The molecule has 0 N–H and O–H groups in total. The second-order valence-electron chi connectivity index (χ2n) is 2.73. The number of carbonyl (C=O) groups is 2. The van der Waals surface area contributed by atoms with Crippen molar-refractivity contribution < 1.29 is 19.8 Å². The zero-order chi connectivity index (χ0) is 11.7. The Morgan fingerprint density at radius 2 is 1.00 bits per heavy atom. The molecule has 0 spiro atoms. The normalized spacial score (nSPS) is 10.7. The van der Waals surface area contributed by atoms with Crippen molar-refractivity contribution in [2.24, 2.45) is 0 Å². The summed E-state index contributed by atoms with van der Waals surface area (Å²) in [5.74, 6) is -0.750. The Bertz CT molecular complexity index is 231. The number of rotatable bonds is 2. The molecule has 80 valence electrons. The van der Waals surface area contributed by atoms with Gasteiger partial charge in [0, 0.05) is 0 Å². The topological polar surface area (TPSA) is 80.3 Å². The summed E-state index contributed by atoms with van der Waals surface area (Å²) in [4.78, 5) is 20.0. The summed E-state index contributed by atoms with van der Waals surface area (Å²) in [7, 11) is 0. The van der Waals surface area contributed by atoms with Gasteiger partial charge in [0.15, 0.2) is 11.6 Å². The second-order valence-corrected chi connectivity index (χ2v) is 2.73. The Labute approximate surface area is 93.5 Å². The van der Waals surface area contributed by atoms with Crippen molar-refractivity contribution >= 4 is 21.7 Å². The van der Waals surface area contributed by atoms with Crippen LogP contribution in [0.1, 0.15) is 27.7 Å². The predicted molar refractivity (Wildman–Crippen MR) is 54.6 cm³/mol. The van der Waals surface area contributed by atoms with Crippen LogP contribution in [-0.4, -0.2) is 21.7 Å². The van der Waals surface area contributed by atoms with Gasteiger partial charge in [-0.1, -0.05) is 13.8 Å². The van der Waals surface area contributed by atoms with Gasteiger partial charge < -0.3 is 10.2 Å². The van der Waals surface area contributed by atoms with Crippen LogP contribution in [-0.2, 0) is 9.59 Å². The van der Waals surface area contributed by atoms with Gasteiger partial charge in [-0.15, -0.1) is 11.5 Å². The van der Waals surface area contributed by atoms with Gasteiger partial charge in [0.25, 0.3) is 0 Å². The molecule has 0 bridgehead atoms. The minimum atomic E-state index is -0.187. The predicted octanol–water partition coefficient (Wildman–Crippen LogP) is -0.702. The first-order valence-electron chi connectivity index (χ1n) is 3.97. The van der Waals surface area contributed by atoms with Crippen molar-refractivity contribution in [3.63, 3.8) is 0 Å². The van der Waals surface area contributed by atoms with Crippen LogP contribution in [0, 0.1) is 0 Å². The van der Waals surface area contributed by atoms with E-state index in [-0.39, 0.29) is 33.2 Å². The van der Waals surface area contributed by atoms with E-state index in [1.54, 1.807) is 0 Å². The third kappa shape index (κ3) is 32.5. The van der Waals surface area contributed by atoms with Crippen molar-refractivity contribution in [2.45, 2.75) is 27.7 Å². The Morgan fingerprint density at radius 1 is 0.800 bits per heavy atom. The van der Waals surface area contributed by atoms with Gasteiger partial charge in [0.05, 0.1) is 0 Å². The number of hydrogen-bond acceptors (Lipinski definition) is 4. The van der Waals surface area contributed by atoms with Gasteiger partial charge in [-0.2, -0.15) is 0 Å². The van der Waals surface area contributed by atoms with E-state index in [4.69, 9.17) is 0 Å². The van der Waals surface area contributed by atoms with E-state index in [0.717, 1.165) is 12.2 Å². The molecule has 0 radical (unpaired) electrons. The van der Waals surface area contributed by atoms with Gasteiger partial charge in [0.1, 0.15) is 0 Å². The first kappa shape index (κ1) is 19.2. The maximum absolute atomic E-state index is 9.98. The van der Waals surface area contributed by atoms with Crippen molar-refractivity contribution in [2.75, 3.05) is 0 Å². The van der Waals surface area contributed by atoms with Gasteiger partial charge in [-0.25, -0.2) is 0 Å². The molecule has 0 aromatic heterocycles. The van der Waals surface area contributed by atoms with Gasteiger partial charge in [-0.3, -0.25) is 9.59 Å². The molecular formula is C10H14BeO4. The van der Waals surface area contributed by atoms with Crippen molar-refractivity contribution in [1.82, 2.24) is 0 Å². The van der Waals surface area contributed by atoms with E-state index in [0.29, 0.717) is 0 Å². The van der Waals surface area contributed by atoms with Crippen LogP contribution in [0.4, 0.5) is 0 Å². The minimum Gasteiger partial charge on any atom is -0.876 e. The fraction of sp³-hybridized carbons (Fsp3) is 0.400. The summed E-state index contributed by atoms with van der Waals surface area (Å²) < 4.78 is 0. The molecule has 0 unspecified atom stereocenters. The smallest absolute Gasteiger partial charge is 0.876 e. The number of hydrogen-bond donors (Lipinski definition) is 0. The van der Waals surface area contributed by atoms with Crippen LogP contribution < -0.4 is 10.2 Å². The fourth-order valence-electron chi connectivity index (χ4n) is 0.572. The van der Waals surface area contributed by atoms with Crippen molar-refractivity contribution in [1.29, 1.82) is 0 Å². The molecule has 0 heterocycles. The molecule has 0 aromatic rings. The average Bonchev–Trinajstić information content (AvgIpc) is 1.79. The Hall–Kier alpha value is -1.41. The first-order valence-corrected chi connectivity index (χ1v) is 3.97. The summed E-state index contributed by atoms with van der Waals surface area (Å²) in [5.41, 5.74) is 0. The largest absolute Gasteiger partial charge is 2.00 e. The molecule has 0 amide bonds. The molecule has 0 saturated carbocycles. The van der Waals surface area contributed by atoms with Gasteiger partial charge in [-0.05, 0) is 26.0 Å². The monoisotopic (exact) mass is 207 g/mol. The molecule has 0 aliphatic carbocycles. The van der Waals surface area contributed by atoms with Gasteiger partial charge in [0.2, 0.25) is 0 Å². The fourth-order valence-corrected chi connectivity index (χ4v) is 0.572. The van der Waals surface area contributed by atoms with E-state index in [1.165, 1.54) is 27.7 Å². The van der Waals surface area contributed by atoms with Crippen molar-refractivity contribution in [3.8, 4) is 0 Å². The van der Waals surface area contributed by atoms with Crippen LogP contribution in [0.2, 0.25) is 0 Å². The molecule has 0 rings (SSSR count). The Kier molecular flexibility index (Phi) is 13.7. The quantitative estimate of drug-likeness (QED) is 0.340. The Balaban J connectivity index is -0.000000180. The summed E-state index contributed by atoms with van der Waals surface area (Å²) in [6.45, 7) is 5.39. The van der Waals surface area contributed by atoms with Crippen molar-refractivity contribution in [3.05, 3.63) is 23.7 Å². The van der Waals surface area contributed by atoms with Crippen LogP contribution in [0.3, 0.4) is 0 Å². The van der Waals surface area contributed by atoms with Crippen LogP contribution in [0.25, 0.3) is 0 Å². The first-order chi connectivity index (χ1) is 6.25. The summed E-state index contributed by atoms with van der Waals surface area (Å²) in [5, 5.41) is 20.0. The third-order valence-corrected chi connectivity index (χ3v) is 0.813. The number of allylic oxidation sites excluding steroid dienone is 4. The third-order valence-electron chi connectivity index (χ3n) is 0.813. The molecule has 5 heteroatoms. The average molecular weight is 207 g/mol. The summed E-state index contributed by atoms with van der Waals surface area (Å²) >= 11 is 0. The molecule has 0 saturated heterocycles. The minimum absolute atomic E-state index is 0. The molecule has 0 fully saturated rings. The second kappa shape index (κ2) is 10.7. The number of ketones is 2. The SMILES string of the molecule is CC(=O)/C=C(/C)[O-].CC(=O)/C=C(\C)[O-].[Be+2]. The molecule has 0 aliphatic heterocycles. The van der Waals surface area contributed by atoms with E-state index >= 15 is 0 Å². The maximum atomic E-state index is 9.98. The molecule has 0 aromatic carbocycles. The zero-order valence-electron chi connectivity index (χ0n) is 9.49. The van der Waals surface area contributed by atoms with E-state index < -0.39 is 0 Å².